The molecule has 0 spiro atoms. The number of nitrogens with one attached hydrogen (secondary N) is 2. The van der Waals surface area contributed by atoms with Crippen molar-refractivity contribution >= 4 is 32.6 Å². The first-order chi connectivity index (χ1) is 14.2. The van der Waals surface area contributed by atoms with E-state index in [9.17, 15) is 4.79 Å². The van der Waals surface area contributed by atoms with Gasteiger partial charge in [0.05, 0.1) is 10.2 Å². The molecule has 0 aliphatic heterocycles. The number of fused-ring (bicyclic) bond motifs is 1. The average Bonchev–Trinajstić information content (AvgIpc) is 3.16. The van der Waals surface area contributed by atoms with Gasteiger partial charge in [-0.15, -0.1) is 0 Å². The van der Waals surface area contributed by atoms with Gasteiger partial charge < -0.3 is 15.4 Å². The van der Waals surface area contributed by atoms with Gasteiger partial charge in [-0.2, -0.15) is 0 Å². The minimum absolute atomic E-state index is 0.254. The SMILES string of the molecule is CNC(=O)c1cc(Oc2ccc3nc(NCCc4ccncc4)sc3c2)ccn1. The number of carbonyl (C=O) groups excluding carboxylic acids is 1. The summed E-state index contributed by atoms with van der Waals surface area (Å²) >= 11 is 1.58. The molecule has 0 aliphatic rings. The van der Waals surface area contributed by atoms with Crippen molar-refractivity contribution in [3.05, 3.63) is 72.3 Å². The Kier molecular flexibility index (Phi) is 5.62. The van der Waals surface area contributed by atoms with Crippen molar-refractivity contribution in [2.24, 2.45) is 0 Å². The lowest BCUT2D eigenvalue weighted by molar-refractivity contribution is 0.0958. The van der Waals surface area contributed by atoms with Crippen LogP contribution in [0.4, 0.5) is 5.13 Å². The molecule has 4 aromatic rings. The van der Waals surface area contributed by atoms with Gasteiger partial charge in [0.2, 0.25) is 0 Å². The van der Waals surface area contributed by atoms with Gasteiger partial charge in [0.25, 0.3) is 5.91 Å². The van der Waals surface area contributed by atoms with Gasteiger partial charge in [-0.3, -0.25) is 14.8 Å². The van der Waals surface area contributed by atoms with Crippen molar-refractivity contribution < 1.29 is 9.53 Å². The fourth-order valence-corrected chi connectivity index (χ4v) is 3.69. The van der Waals surface area contributed by atoms with Gasteiger partial charge in [0, 0.05) is 44.3 Å². The molecular formula is C21H19N5O2S. The van der Waals surface area contributed by atoms with Crippen LogP contribution in [0.5, 0.6) is 11.5 Å². The molecule has 4 rings (SSSR count). The van der Waals surface area contributed by atoms with Gasteiger partial charge in [0.1, 0.15) is 17.2 Å². The van der Waals surface area contributed by atoms with Crippen LogP contribution in [0.1, 0.15) is 16.1 Å². The minimum atomic E-state index is -0.254. The normalized spacial score (nSPS) is 10.7. The van der Waals surface area contributed by atoms with E-state index in [1.165, 1.54) is 5.56 Å². The highest BCUT2D eigenvalue weighted by atomic mass is 32.1. The van der Waals surface area contributed by atoms with Crippen molar-refractivity contribution in [1.29, 1.82) is 0 Å². The highest BCUT2D eigenvalue weighted by Gasteiger charge is 2.09. The van der Waals surface area contributed by atoms with Gasteiger partial charge in [-0.1, -0.05) is 11.3 Å². The van der Waals surface area contributed by atoms with Crippen LogP contribution in [0.25, 0.3) is 10.2 Å². The summed E-state index contributed by atoms with van der Waals surface area (Å²) in [5, 5.41) is 6.80. The Morgan fingerprint density at radius 1 is 1.07 bits per heavy atom. The van der Waals surface area contributed by atoms with E-state index in [2.05, 4.69) is 25.6 Å². The third kappa shape index (κ3) is 4.67. The summed E-state index contributed by atoms with van der Waals surface area (Å²) in [7, 11) is 1.57. The molecule has 0 aliphatic carbocycles. The van der Waals surface area contributed by atoms with Crippen molar-refractivity contribution in [3.8, 4) is 11.5 Å². The maximum absolute atomic E-state index is 11.7. The molecule has 2 N–H and O–H groups in total. The predicted molar refractivity (Wildman–Crippen MR) is 114 cm³/mol. The molecule has 7 nitrogen and oxygen atoms in total. The number of amides is 1. The van der Waals surface area contributed by atoms with Crippen molar-refractivity contribution in [3.63, 3.8) is 0 Å². The topological polar surface area (TPSA) is 89.0 Å². The van der Waals surface area contributed by atoms with Crippen molar-refractivity contribution in [1.82, 2.24) is 20.3 Å². The zero-order valence-corrected chi connectivity index (χ0v) is 16.6. The molecule has 146 valence electrons. The fourth-order valence-electron chi connectivity index (χ4n) is 2.77. The number of aromatic nitrogens is 3. The second-order valence-corrected chi connectivity index (χ2v) is 7.27. The molecule has 1 aromatic carbocycles. The molecule has 0 saturated heterocycles. The number of thiazole rings is 1. The molecule has 0 saturated carbocycles. The van der Waals surface area contributed by atoms with Gasteiger partial charge >= 0.3 is 0 Å². The van der Waals surface area contributed by atoms with Crippen LogP contribution in [0.2, 0.25) is 0 Å². The Balaban J connectivity index is 1.43. The highest BCUT2D eigenvalue weighted by molar-refractivity contribution is 7.22. The van der Waals surface area contributed by atoms with E-state index in [0.717, 1.165) is 28.3 Å². The van der Waals surface area contributed by atoms with E-state index in [1.54, 1.807) is 49.1 Å². The van der Waals surface area contributed by atoms with Gasteiger partial charge in [-0.25, -0.2) is 4.98 Å². The molecule has 0 atom stereocenters. The molecule has 0 radical (unpaired) electrons. The Bertz CT molecular complexity index is 1130. The maximum Gasteiger partial charge on any atom is 0.269 e. The molecule has 8 heteroatoms. The Labute approximate surface area is 171 Å². The lowest BCUT2D eigenvalue weighted by Gasteiger charge is -2.06. The number of ether oxygens (including phenoxy) is 1. The number of hydrogen-bond donors (Lipinski definition) is 2. The molecule has 3 aromatic heterocycles. The molecule has 1 amide bonds. The summed E-state index contributed by atoms with van der Waals surface area (Å²) in [5.41, 5.74) is 2.46. The van der Waals surface area contributed by atoms with Crippen LogP contribution in [-0.2, 0) is 6.42 Å². The van der Waals surface area contributed by atoms with Crippen LogP contribution < -0.4 is 15.4 Å². The number of benzene rings is 1. The molecule has 3 heterocycles. The monoisotopic (exact) mass is 405 g/mol. The first-order valence-corrected chi connectivity index (χ1v) is 9.92. The Morgan fingerprint density at radius 2 is 1.90 bits per heavy atom. The molecular weight excluding hydrogens is 386 g/mol. The van der Waals surface area contributed by atoms with E-state index in [0.29, 0.717) is 17.2 Å². The second kappa shape index (κ2) is 8.66. The maximum atomic E-state index is 11.7. The van der Waals surface area contributed by atoms with Crippen molar-refractivity contribution in [2.75, 3.05) is 18.9 Å². The summed E-state index contributed by atoms with van der Waals surface area (Å²) in [6.07, 6.45) is 6.06. The summed E-state index contributed by atoms with van der Waals surface area (Å²) in [5.74, 6) is 0.979. The zero-order chi connectivity index (χ0) is 20.1. The standard InChI is InChI=1S/C21H19N5O2S/c1-22-20(27)18-12-16(7-11-24-18)28-15-2-3-17-19(13-15)29-21(26-17)25-10-6-14-4-8-23-9-5-14/h2-5,7-9,11-13H,6,10H2,1H3,(H,22,27)(H,25,26). The Hall–Kier alpha value is -3.52. The smallest absolute Gasteiger partial charge is 0.269 e. The van der Waals surface area contributed by atoms with E-state index >= 15 is 0 Å². The third-order valence-corrected chi connectivity index (χ3v) is 5.20. The van der Waals surface area contributed by atoms with E-state index in [4.69, 9.17) is 4.74 Å². The largest absolute Gasteiger partial charge is 0.457 e. The number of carbonyl (C=O) groups is 1. The van der Waals surface area contributed by atoms with Gasteiger partial charge in [0.15, 0.2) is 5.13 Å². The van der Waals surface area contributed by atoms with Crippen molar-refractivity contribution in [2.45, 2.75) is 6.42 Å². The van der Waals surface area contributed by atoms with Crippen LogP contribution in [0.3, 0.4) is 0 Å². The highest BCUT2D eigenvalue weighted by Crippen LogP contribution is 2.31. The molecule has 0 fully saturated rings. The average molecular weight is 405 g/mol. The zero-order valence-electron chi connectivity index (χ0n) is 15.8. The minimum Gasteiger partial charge on any atom is -0.457 e. The first kappa shape index (κ1) is 18.8. The van der Waals surface area contributed by atoms with Crippen LogP contribution >= 0.6 is 11.3 Å². The summed E-state index contributed by atoms with van der Waals surface area (Å²) in [6, 6.07) is 13.1. The van der Waals surface area contributed by atoms with Crippen LogP contribution in [-0.4, -0.2) is 34.5 Å². The number of pyridine rings is 2. The quantitative estimate of drug-likeness (QED) is 0.485. The van der Waals surface area contributed by atoms with Crippen LogP contribution in [0.15, 0.2) is 61.1 Å². The fraction of sp³-hybridized carbons (Fsp3) is 0.143. The van der Waals surface area contributed by atoms with E-state index in [1.807, 2.05) is 30.3 Å². The second-order valence-electron chi connectivity index (χ2n) is 6.24. The predicted octanol–water partition coefficient (Wildman–Crippen LogP) is 3.89. The summed E-state index contributed by atoms with van der Waals surface area (Å²) < 4.78 is 6.93. The lowest BCUT2D eigenvalue weighted by atomic mass is 10.2. The van der Waals surface area contributed by atoms with Crippen LogP contribution in [0, 0.1) is 0 Å². The third-order valence-electron chi connectivity index (χ3n) is 4.23. The van der Waals surface area contributed by atoms with E-state index < -0.39 is 0 Å². The number of rotatable bonds is 7. The lowest BCUT2D eigenvalue weighted by Crippen LogP contribution is -2.18. The first-order valence-electron chi connectivity index (χ1n) is 9.10. The summed E-state index contributed by atoms with van der Waals surface area (Å²) in [6.45, 7) is 0.798. The van der Waals surface area contributed by atoms with Gasteiger partial charge in [-0.05, 0) is 42.3 Å². The molecule has 0 bridgehead atoms. The van der Waals surface area contributed by atoms with E-state index in [-0.39, 0.29) is 5.91 Å². The molecule has 29 heavy (non-hydrogen) atoms. The molecule has 0 unspecified atom stereocenters. The number of nitrogens with zero attached hydrogens (tertiary/aromatic N) is 3. The Morgan fingerprint density at radius 3 is 2.72 bits per heavy atom. The summed E-state index contributed by atoms with van der Waals surface area (Å²) in [4.78, 5) is 24.4. The number of anilines is 1. The number of hydrogen-bond acceptors (Lipinski definition) is 7.